The highest BCUT2D eigenvalue weighted by atomic mass is 32.2. The summed E-state index contributed by atoms with van der Waals surface area (Å²) in [7, 11) is 0. The Morgan fingerprint density at radius 3 is 2.70 bits per heavy atom. The zero-order valence-corrected chi connectivity index (χ0v) is 18.2. The monoisotopic (exact) mass is 440 g/mol. The van der Waals surface area contributed by atoms with E-state index in [4.69, 9.17) is 0 Å². The third-order valence-electron chi connectivity index (χ3n) is 5.43. The van der Waals surface area contributed by atoms with E-state index in [0.717, 1.165) is 40.6 Å². The summed E-state index contributed by atoms with van der Waals surface area (Å²) in [6.45, 7) is 1.83. The van der Waals surface area contributed by atoms with Gasteiger partial charge in [0.1, 0.15) is 27.5 Å². The fourth-order valence-electron chi connectivity index (χ4n) is 3.76. The second-order valence-electron chi connectivity index (χ2n) is 7.52. The number of nitrogens with zero attached hydrogens (tertiary/aromatic N) is 3. The number of nitrogens with one attached hydrogen (secondary N) is 1. The zero-order valence-electron chi connectivity index (χ0n) is 16.5. The van der Waals surface area contributed by atoms with Crippen LogP contribution >= 0.6 is 23.1 Å². The van der Waals surface area contributed by atoms with Crippen molar-refractivity contribution in [2.45, 2.75) is 54.8 Å². The van der Waals surface area contributed by atoms with Crippen molar-refractivity contribution in [2.24, 2.45) is 0 Å². The molecule has 1 aliphatic rings. The molecule has 0 spiro atoms. The molecule has 0 radical (unpaired) electrons. The van der Waals surface area contributed by atoms with Crippen molar-refractivity contribution in [3.05, 3.63) is 41.8 Å². The van der Waals surface area contributed by atoms with E-state index >= 15 is 0 Å². The SMILES string of the molecule is CC(Sc1ncnc2scc(-c3ccc(F)cc3)c12)C(=O)NC1(C#N)CCCCC1. The van der Waals surface area contributed by atoms with Gasteiger partial charge in [-0.1, -0.05) is 43.2 Å². The van der Waals surface area contributed by atoms with Gasteiger partial charge in [0, 0.05) is 10.9 Å². The number of benzene rings is 1. The lowest BCUT2D eigenvalue weighted by Crippen LogP contribution is -2.50. The first-order chi connectivity index (χ1) is 14.5. The highest BCUT2D eigenvalue weighted by Gasteiger charge is 2.35. The zero-order chi connectivity index (χ0) is 21.1. The first-order valence-electron chi connectivity index (χ1n) is 9.89. The van der Waals surface area contributed by atoms with Crippen LogP contribution < -0.4 is 5.32 Å². The van der Waals surface area contributed by atoms with Gasteiger partial charge in [-0.15, -0.1) is 11.3 Å². The number of hydrogen-bond acceptors (Lipinski definition) is 6. The van der Waals surface area contributed by atoms with Gasteiger partial charge in [-0.2, -0.15) is 5.26 Å². The van der Waals surface area contributed by atoms with Gasteiger partial charge in [0.15, 0.2) is 0 Å². The Bertz CT molecular complexity index is 1100. The predicted octanol–water partition coefficient (Wildman–Crippen LogP) is 5.32. The lowest BCUT2D eigenvalue weighted by Gasteiger charge is -2.32. The van der Waals surface area contributed by atoms with Crippen molar-refractivity contribution >= 4 is 39.2 Å². The quantitative estimate of drug-likeness (QED) is 0.429. The van der Waals surface area contributed by atoms with Crippen molar-refractivity contribution < 1.29 is 9.18 Å². The Kier molecular flexibility index (Phi) is 6.02. The van der Waals surface area contributed by atoms with Crippen molar-refractivity contribution in [3.63, 3.8) is 0 Å². The van der Waals surface area contributed by atoms with Crippen LogP contribution in [-0.4, -0.2) is 26.7 Å². The largest absolute Gasteiger partial charge is 0.337 e. The number of hydrogen-bond donors (Lipinski definition) is 1. The highest BCUT2D eigenvalue weighted by Crippen LogP contribution is 2.39. The Balaban J connectivity index is 1.59. The molecule has 30 heavy (non-hydrogen) atoms. The molecule has 1 unspecified atom stereocenters. The second kappa shape index (κ2) is 8.70. The smallest absolute Gasteiger partial charge is 0.234 e. The van der Waals surface area contributed by atoms with Crippen LogP contribution in [-0.2, 0) is 4.79 Å². The molecule has 154 valence electrons. The molecule has 8 heteroatoms. The van der Waals surface area contributed by atoms with Gasteiger partial charge in [-0.3, -0.25) is 4.79 Å². The lowest BCUT2D eigenvalue weighted by atomic mass is 9.83. The van der Waals surface area contributed by atoms with Crippen molar-refractivity contribution in [3.8, 4) is 17.2 Å². The normalized spacial score (nSPS) is 16.7. The molecule has 4 rings (SSSR count). The molecule has 1 aromatic carbocycles. The molecule has 0 saturated heterocycles. The Morgan fingerprint density at radius 2 is 2.00 bits per heavy atom. The van der Waals surface area contributed by atoms with Crippen LogP contribution in [0.2, 0.25) is 0 Å². The maximum atomic E-state index is 13.3. The van der Waals surface area contributed by atoms with E-state index in [0.29, 0.717) is 17.9 Å². The van der Waals surface area contributed by atoms with Crippen LogP contribution in [0.15, 0.2) is 41.0 Å². The molecule has 1 N–H and O–H groups in total. The molecule has 1 aliphatic carbocycles. The fourth-order valence-corrected chi connectivity index (χ4v) is 5.67. The molecule has 3 aromatic rings. The van der Waals surface area contributed by atoms with Gasteiger partial charge in [0.2, 0.25) is 5.91 Å². The molecule has 0 aliphatic heterocycles. The van der Waals surface area contributed by atoms with Crippen LogP contribution in [0.5, 0.6) is 0 Å². The number of amides is 1. The van der Waals surface area contributed by atoms with Gasteiger partial charge in [0.25, 0.3) is 0 Å². The number of carbonyl (C=O) groups is 1. The van der Waals surface area contributed by atoms with E-state index < -0.39 is 10.8 Å². The van der Waals surface area contributed by atoms with Crippen LogP contribution in [0.25, 0.3) is 21.3 Å². The summed E-state index contributed by atoms with van der Waals surface area (Å²) in [5, 5.41) is 15.8. The second-order valence-corrected chi connectivity index (χ2v) is 9.71. The number of halogens is 1. The van der Waals surface area contributed by atoms with Crippen LogP contribution in [0, 0.1) is 17.1 Å². The van der Waals surface area contributed by atoms with E-state index in [2.05, 4.69) is 21.4 Å². The first kappa shape index (κ1) is 20.8. The maximum Gasteiger partial charge on any atom is 0.234 e. The van der Waals surface area contributed by atoms with Gasteiger partial charge in [-0.05, 0) is 37.5 Å². The Morgan fingerprint density at radius 1 is 1.27 bits per heavy atom. The first-order valence-corrected chi connectivity index (χ1v) is 11.7. The van der Waals surface area contributed by atoms with E-state index in [-0.39, 0.29) is 11.7 Å². The number of thioether (sulfide) groups is 1. The molecule has 2 aromatic heterocycles. The average molecular weight is 441 g/mol. The number of fused-ring (bicyclic) bond motifs is 1. The van der Waals surface area contributed by atoms with E-state index in [1.807, 2.05) is 12.3 Å². The van der Waals surface area contributed by atoms with Crippen LogP contribution in [0.3, 0.4) is 0 Å². The molecule has 1 atom stereocenters. The number of nitriles is 1. The summed E-state index contributed by atoms with van der Waals surface area (Å²) >= 11 is 2.85. The van der Waals surface area contributed by atoms with E-state index in [1.54, 1.807) is 12.1 Å². The molecule has 1 fully saturated rings. The van der Waals surface area contributed by atoms with Gasteiger partial charge in [0.05, 0.1) is 16.7 Å². The van der Waals surface area contributed by atoms with Crippen molar-refractivity contribution in [1.82, 2.24) is 15.3 Å². The fraction of sp³-hybridized carbons (Fsp3) is 0.364. The standard InChI is InChI=1S/C22H21FN4OS2/c1-14(19(28)27-22(12-24)9-3-2-4-10-22)30-21-18-17(11-29-20(18)25-13-26-21)15-5-7-16(23)8-6-15/h5-8,11,13-14H,2-4,9-10H2,1H3,(H,27,28). The number of rotatable bonds is 5. The predicted molar refractivity (Wildman–Crippen MR) is 118 cm³/mol. The minimum Gasteiger partial charge on any atom is -0.337 e. The molecule has 1 amide bonds. The van der Waals surface area contributed by atoms with Gasteiger partial charge < -0.3 is 5.32 Å². The molecule has 1 saturated carbocycles. The van der Waals surface area contributed by atoms with Crippen molar-refractivity contribution in [1.29, 1.82) is 5.26 Å². The summed E-state index contributed by atoms with van der Waals surface area (Å²) in [5.74, 6) is -0.447. The number of aromatic nitrogens is 2. The maximum absolute atomic E-state index is 13.3. The lowest BCUT2D eigenvalue weighted by molar-refractivity contribution is -0.121. The topological polar surface area (TPSA) is 78.7 Å². The number of carbonyl (C=O) groups excluding carboxylic acids is 1. The van der Waals surface area contributed by atoms with Crippen LogP contribution in [0.1, 0.15) is 39.0 Å². The Labute approximate surface area is 182 Å². The molecular weight excluding hydrogens is 419 g/mol. The van der Waals surface area contributed by atoms with E-state index in [9.17, 15) is 14.4 Å². The third-order valence-corrected chi connectivity index (χ3v) is 7.42. The molecule has 5 nitrogen and oxygen atoms in total. The summed E-state index contributed by atoms with van der Waals surface area (Å²) in [5.41, 5.74) is 1.04. The minimum atomic E-state index is -0.757. The average Bonchev–Trinajstić information content (AvgIpc) is 3.20. The summed E-state index contributed by atoms with van der Waals surface area (Å²) < 4.78 is 13.3. The highest BCUT2D eigenvalue weighted by molar-refractivity contribution is 8.00. The minimum absolute atomic E-state index is 0.159. The number of thiophene rings is 1. The van der Waals surface area contributed by atoms with E-state index in [1.165, 1.54) is 41.6 Å². The summed E-state index contributed by atoms with van der Waals surface area (Å²) in [4.78, 5) is 22.5. The van der Waals surface area contributed by atoms with Gasteiger partial charge in [-0.25, -0.2) is 14.4 Å². The Hall–Kier alpha value is -2.50. The summed E-state index contributed by atoms with van der Waals surface area (Å²) in [6, 6.07) is 8.65. The molecule has 2 heterocycles. The molecular formula is C22H21FN4OS2. The molecule has 0 bridgehead atoms. The summed E-state index contributed by atoms with van der Waals surface area (Å²) in [6.07, 6.45) is 5.91. The third kappa shape index (κ3) is 4.18. The van der Waals surface area contributed by atoms with Gasteiger partial charge >= 0.3 is 0 Å². The van der Waals surface area contributed by atoms with Crippen LogP contribution in [0.4, 0.5) is 4.39 Å². The van der Waals surface area contributed by atoms with Crippen molar-refractivity contribution in [2.75, 3.05) is 0 Å².